The van der Waals surface area contributed by atoms with E-state index in [1.54, 1.807) is 31.3 Å². The highest BCUT2D eigenvalue weighted by Crippen LogP contribution is 2.29. The summed E-state index contributed by atoms with van der Waals surface area (Å²) in [7, 11) is 1.56. The number of likely N-dealkylation sites (N-methyl/N-ethyl adjacent to an activating group) is 1. The molecule has 10 heteroatoms. The molecule has 0 aromatic heterocycles. The highest BCUT2D eigenvalue weighted by molar-refractivity contribution is 8.15. The summed E-state index contributed by atoms with van der Waals surface area (Å²) in [5.74, 6) is -1.16. The Kier molecular flexibility index (Phi) is 8.60. The van der Waals surface area contributed by atoms with Crippen LogP contribution in [0.2, 0.25) is 0 Å². The molecule has 194 valence electrons. The van der Waals surface area contributed by atoms with Gasteiger partial charge in [-0.25, -0.2) is 0 Å². The number of amides is 4. The summed E-state index contributed by atoms with van der Waals surface area (Å²) in [5.41, 5.74) is 2.68. The number of amidine groups is 1. The number of hydrogen-bond acceptors (Lipinski definition) is 6. The molecule has 9 nitrogen and oxygen atoms in total. The van der Waals surface area contributed by atoms with Crippen LogP contribution < -0.4 is 10.6 Å². The van der Waals surface area contributed by atoms with Gasteiger partial charge in [0.15, 0.2) is 5.17 Å². The number of aryl methyl sites for hydroxylation is 1. The largest absolute Gasteiger partial charge is 0.351 e. The highest BCUT2D eigenvalue weighted by atomic mass is 32.2. The minimum atomic E-state index is -0.516. The van der Waals surface area contributed by atoms with E-state index >= 15 is 0 Å². The molecule has 0 aliphatic carbocycles. The van der Waals surface area contributed by atoms with Gasteiger partial charge >= 0.3 is 0 Å². The van der Waals surface area contributed by atoms with Crippen molar-refractivity contribution in [1.82, 2.24) is 9.80 Å². The van der Waals surface area contributed by atoms with Gasteiger partial charge in [0.05, 0.1) is 6.54 Å². The van der Waals surface area contributed by atoms with Gasteiger partial charge in [-0.1, -0.05) is 29.5 Å². The maximum absolute atomic E-state index is 12.7. The Morgan fingerprint density at radius 3 is 2.19 bits per heavy atom. The van der Waals surface area contributed by atoms with Gasteiger partial charge in [0, 0.05) is 43.5 Å². The first-order valence-electron chi connectivity index (χ1n) is 12.3. The number of carbonyl (C=O) groups is 4. The van der Waals surface area contributed by atoms with E-state index in [0.29, 0.717) is 16.9 Å². The second-order valence-electron chi connectivity index (χ2n) is 9.29. The number of benzene rings is 2. The fraction of sp³-hybridized carbons (Fsp3) is 0.370. The second-order valence-corrected chi connectivity index (χ2v) is 10.5. The molecule has 2 N–H and O–H groups in total. The van der Waals surface area contributed by atoms with Crippen LogP contribution in [0.4, 0.5) is 11.4 Å². The molecule has 37 heavy (non-hydrogen) atoms. The van der Waals surface area contributed by atoms with Crippen LogP contribution in [-0.2, 0) is 14.4 Å². The molecule has 0 radical (unpaired) electrons. The van der Waals surface area contributed by atoms with E-state index in [9.17, 15) is 19.2 Å². The molecule has 2 aromatic carbocycles. The first-order chi connectivity index (χ1) is 17.8. The standard InChI is InChI=1S/C27H31N5O4S/c1-18-6-10-20(11-7-18)29-24(34)17-31(2)26(36)19-8-12-21(13-9-19)28-23(33)16-22-25(35)30-27(37-22)32-14-4-3-5-15-32/h6-13,22H,3-5,14-17H2,1-2H3,(H,28,33)(H,29,34)/t22-/m1/s1. The van der Waals surface area contributed by atoms with Crippen molar-refractivity contribution in [1.29, 1.82) is 0 Å². The first kappa shape index (κ1) is 26.4. The number of likely N-dealkylation sites (tertiary alicyclic amines) is 1. The molecule has 2 heterocycles. The summed E-state index contributed by atoms with van der Waals surface area (Å²) in [4.78, 5) is 57.5. The van der Waals surface area contributed by atoms with E-state index < -0.39 is 5.25 Å². The summed E-state index contributed by atoms with van der Waals surface area (Å²) >= 11 is 1.36. The van der Waals surface area contributed by atoms with Crippen LogP contribution in [-0.4, -0.2) is 70.5 Å². The minimum Gasteiger partial charge on any atom is -0.351 e. The molecule has 0 unspecified atom stereocenters. The molecular weight excluding hydrogens is 490 g/mol. The Hall–Kier alpha value is -3.66. The predicted molar refractivity (Wildman–Crippen MR) is 146 cm³/mol. The number of rotatable bonds is 7. The SMILES string of the molecule is Cc1ccc(NC(=O)CN(C)C(=O)c2ccc(NC(=O)C[C@H]3SC(N4CCCCC4)=NC3=O)cc2)cc1. The Morgan fingerprint density at radius 2 is 1.54 bits per heavy atom. The smallest absolute Gasteiger partial charge is 0.262 e. The van der Waals surface area contributed by atoms with E-state index in [1.807, 2.05) is 31.2 Å². The van der Waals surface area contributed by atoms with E-state index in [0.717, 1.165) is 36.7 Å². The van der Waals surface area contributed by atoms with Crippen LogP contribution in [0.3, 0.4) is 0 Å². The molecule has 2 aliphatic heterocycles. The maximum atomic E-state index is 12.7. The lowest BCUT2D eigenvalue weighted by Crippen LogP contribution is -2.34. The summed E-state index contributed by atoms with van der Waals surface area (Å²) in [5, 5.41) is 5.77. The lowest BCUT2D eigenvalue weighted by Gasteiger charge is -2.27. The number of nitrogens with one attached hydrogen (secondary N) is 2. The van der Waals surface area contributed by atoms with Gasteiger partial charge < -0.3 is 20.4 Å². The van der Waals surface area contributed by atoms with E-state index in [2.05, 4.69) is 20.5 Å². The Morgan fingerprint density at radius 1 is 0.946 bits per heavy atom. The van der Waals surface area contributed by atoms with Crippen LogP contribution >= 0.6 is 11.8 Å². The monoisotopic (exact) mass is 521 g/mol. The molecule has 0 bridgehead atoms. The lowest BCUT2D eigenvalue weighted by molar-refractivity contribution is -0.121. The van der Waals surface area contributed by atoms with Crippen LogP contribution in [0, 0.1) is 6.92 Å². The average molecular weight is 522 g/mol. The summed E-state index contributed by atoms with van der Waals surface area (Å²) in [6, 6.07) is 13.9. The molecule has 1 atom stereocenters. The zero-order chi connectivity index (χ0) is 26.4. The van der Waals surface area contributed by atoms with Crippen LogP contribution in [0.25, 0.3) is 0 Å². The molecule has 2 aliphatic rings. The third-order valence-electron chi connectivity index (χ3n) is 6.20. The van der Waals surface area contributed by atoms with E-state index in [4.69, 9.17) is 0 Å². The fourth-order valence-corrected chi connectivity index (χ4v) is 5.27. The molecular formula is C27H31N5O4S. The fourth-order valence-electron chi connectivity index (χ4n) is 4.15. The van der Waals surface area contributed by atoms with Gasteiger partial charge in [-0.05, 0) is 62.6 Å². The number of carbonyl (C=O) groups excluding carboxylic acids is 4. The number of nitrogens with zero attached hydrogens (tertiary/aromatic N) is 3. The molecule has 0 spiro atoms. The van der Waals surface area contributed by atoms with E-state index in [-0.39, 0.29) is 36.6 Å². The van der Waals surface area contributed by atoms with Crippen molar-refractivity contribution in [2.24, 2.45) is 4.99 Å². The molecule has 2 aromatic rings. The summed E-state index contributed by atoms with van der Waals surface area (Å²) in [6.45, 7) is 3.66. The normalized spacial score (nSPS) is 17.2. The second kappa shape index (κ2) is 12.1. The molecule has 4 rings (SSSR count). The Balaban J connectivity index is 1.24. The third-order valence-corrected chi connectivity index (χ3v) is 7.42. The molecule has 4 amide bonds. The quantitative estimate of drug-likeness (QED) is 0.577. The Labute approximate surface area is 220 Å². The number of piperidine rings is 1. The molecule has 1 saturated heterocycles. The highest BCUT2D eigenvalue weighted by Gasteiger charge is 2.33. The molecule has 0 saturated carbocycles. The van der Waals surface area contributed by atoms with Crippen LogP contribution in [0.15, 0.2) is 53.5 Å². The van der Waals surface area contributed by atoms with Gasteiger partial charge in [-0.15, -0.1) is 0 Å². The van der Waals surface area contributed by atoms with Crippen molar-refractivity contribution < 1.29 is 19.2 Å². The number of thioether (sulfide) groups is 1. The van der Waals surface area contributed by atoms with Crippen molar-refractivity contribution in [3.63, 3.8) is 0 Å². The van der Waals surface area contributed by atoms with Gasteiger partial charge in [0.2, 0.25) is 11.8 Å². The van der Waals surface area contributed by atoms with Gasteiger partial charge in [-0.3, -0.25) is 19.2 Å². The maximum Gasteiger partial charge on any atom is 0.262 e. The topological polar surface area (TPSA) is 111 Å². The first-order valence-corrected chi connectivity index (χ1v) is 13.2. The van der Waals surface area contributed by atoms with Crippen LogP contribution in [0.1, 0.15) is 41.6 Å². The number of anilines is 2. The average Bonchev–Trinajstić information content (AvgIpc) is 3.25. The minimum absolute atomic E-state index is 0.0316. The summed E-state index contributed by atoms with van der Waals surface area (Å²) in [6.07, 6.45) is 3.41. The van der Waals surface area contributed by atoms with Crippen molar-refractivity contribution in [3.05, 3.63) is 59.7 Å². The van der Waals surface area contributed by atoms with Gasteiger partial charge in [0.1, 0.15) is 5.25 Å². The zero-order valence-corrected chi connectivity index (χ0v) is 21.8. The van der Waals surface area contributed by atoms with Gasteiger partial charge in [0.25, 0.3) is 11.8 Å². The molecule has 1 fully saturated rings. The van der Waals surface area contributed by atoms with Crippen molar-refractivity contribution in [3.8, 4) is 0 Å². The van der Waals surface area contributed by atoms with Crippen LogP contribution in [0.5, 0.6) is 0 Å². The number of hydrogen-bond donors (Lipinski definition) is 2. The van der Waals surface area contributed by atoms with E-state index in [1.165, 1.54) is 23.1 Å². The lowest BCUT2D eigenvalue weighted by atomic mass is 10.1. The van der Waals surface area contributed by atoms with Crippen molar-refractivity contribution in [2.75, 3.05) is 37.3 Å². The zero-order valence-electron chi connectivity index (χ0n) is 21.0. The van der Waals surface area contributed by atoms with Crippen molar-refractivity contribution in [2.45, 2.75) is 37.9 Å². The third kappa shape index (κ3) is 7.19. The summed E-state index contributed by atoms with van der Waals surface area (Å²) < 4.78 is 0. The number of aliphatic imine (C=N–C) groups is 1. The van der Waals surface area contributed by atoms with Crippen molar-refractivity contribution >= 4 is 51.9 Å². The Bertz CT molecular complexity index is 1190. The predicted octanol–water partition coefficient (Wildman–Crippen LogP) is 3.52. The van der Waals surface area contributed by atoms with Gasteiger partial charge in [-0.2, -0.15) is 4.99 Å².